The fourth-order valence-corrected chi connectivity index (χ4v) is 3.93. The van der Waals surface area contributed by atoms with E-state index in [1.165, 1.54) is 38.5 Å². The highest BCUT2D eigenvalue weighted by molar-refractivity contribution is 5.29. The Morgan fingerprint density at radius 2 is 1.61 bits per heavy atom. The van der Waals surface area contributed by atoms with Gasteiger partial charge in [-0.25, -0.2) is 0 Å². The molecule has 2 fully saturated rings. The van der Waals surface area contributed by atoms with Gasteiger partial charge in [-0.05, 0) is 24.7 Å². The first-order valence-electron chi connectivity index (χ1n) is 7.46. The highest BCUT2D eigenvalue weighted by Gasteiger charge is 2.62. The van der Waals surface area contributed by atoms with Crippen LogP contribution in [-0.4, -0.2) is 12.7 Å². The average molecular weight is 244 g/mol. The Bertz CT molecular complexity index is 351. The van der Waals surface area contributed by atoms with E-state index in [0.29, 0.717) is 5.92 Å². The minimum atomic E-state index is 0.0780. The Balaban J connectivity index is 1.70. The Labute approximate surface area is 111 Å². The molecule has 0 aromatic heterocycles. The van der Waals surface area contributed by atoms with Crippen molar-refractivity contribution in [1.29, 1.82) is 0 Å². The lowest BCUT2D eigenvalue weighted by Gasteiger charge is -2.12. The molecular weight excluding hydrogens is 220 g/mol. The van der Waals surface area contributed by atoms with Crippen molar-refractivity contribution < 1.29 is 4.74 Å². The van der Waals surface area contributed by atoms with Gasteiger partial charge >= 0.3 is 0 Å². The molecule has 0 bridgehead atoms. The molecule has 1 heteroatoms. The molecule has 3 aliphatic carbocycles. The van der Waals surface area contributed by atoms with Crippen LogP contribution in [0.15, 0.2) is 36.5 Å². The van der Waals surface area contributed by atoms with Gasteiger partial charge in [0.1, 0.15) is 0 Å². The van der Waals surface area contributed by atoms with Crippen molar-refractivity contribution >= 4 is 0 Å². The molecule has 0 amide bonds. The summed E-state index contributed by atoms with van der Waals surface area (Å²) in [6.45, 7) is 0. The maximum atomic E-state index is 5.93. The van der Waals surface area contributed by atoms with E-state index in [0.717, 1.165) is 11.8 Å². The Morgan fingerprint density at radius 1 is 1.00 bits per heavy atom. The van der Waals surface area contributed by atoms with Crippen molar-refractivity contribution in [3.63, 3.8) is 0 Å². The second-order valence-electron chi connectivity index (χ2n) is 5.97. The van der Waals surface area contributed by atoms with E-state index in [9.17, 15) is 0 Å². The van der Waals surface area contributed by atoms with E-state index in [1.807, 2.05) is 7.11 Å². The molecule has 0 saturated heterocycles. The molecule has 0 aliphatic heterocycles. The standard InChI is InChI=1S/C17H24O/c1-18-17(13-12-14-8-6-7-9-14)15-10-4-2-3-5-11-16(15)17/h6-9,12-16H,2-5,10-11H2,1H3/b13-12+/t15-,16+,17?. The van der Waals surface area contributed by atoms with Gasteiger partial charge in [-0.2, -0.15) is 0 Å². The number of hydrogen-bond acceptors (Lipinski definition) is 1. The zero-order valence-corrected chi connectivity index (χ0v) is 11.3. The van der Waals surface area contributed by atoms with Crippen LogP contribution in [-0.2, 0) is 4.74 Å². The third-order valence-corrected chi connectivity index (χ3v) is 5.03. The van der Waals surface area contributed by atoms with E-state index in [1.54, 1.807) is 0 Å². The second kappa shape index (κ2) is 5.05. The molecule has 0 N–H and O–H groups in total. The maximum absolute atomic E-state index is 5.93. The third-order valence-electron chi connectivity index (χ3n) is 5.03. The normalized spacial score (nSPS) is 39.8. The van der Waals surface area contributed by atoms with Crippen molar-refractivity contribution in [1.82, 2.24) is 0 Å². The van der Waals surface area contributed by atoms with Crippen molar-refractivity contribution in [2.24, 2.45) is 17.8 Å². The largest absolute Gasteiger partial charge is 0.374 e. The second-order valence-corrected chi connectivity index (χ2v) is 5.97. The van der Waals surface area contributed by atoms with E-state index >= 15 is 0 Å². The quantitative estimate of drug-likeness (QED) is 0.674. The van der Waals surface area contributed by atoms with Crippen molar-refractivity contribution in [3.8, 4) is 0 Å². The van der Waals surface area contributed by atoms with E-state index < -0.39 is 0 Å². The van der Waals surface area contributed by atoms with Gasteiger partial charge in [-0.3, -0.25) is 0 Å². The van der Waals surface area contributed by atoms with Crippen LogP contribution >= 0.6 is 0 Å². The van der Waals surface area contributed by atoms with E-state index in [2.05, 4.69) is 36.5 Å². The van der Waals surface area contributed by atoms with Gasteiger partial charge in [0.15, 0.2) is 0 Å². The first-order chi connectivity index (χ1) is 8.87. The highest BCUT2D eigenvalue weighted by Crippen LogP contribution is 2.60. The number of ether oxygens (including phenoxy) is 1. The monoisotopic (exact) mass is 244 g/mol. The van der Waals surface area contributed by atoms with Gasteiger partial charge in [0, 0.05) is 13.0 Å². The van der Waals surface area contributed by atoms with Crippen LogP contribution in [0.3, 0.4) is 0 Å². The Kier molecular flexibility index (Phi) is 3.43. The van der Waals surface area contributed by atoms with Crippen LogP contribution in [0.1, 0.15) is 38.5 Å². The predicted molar refractivity (Wildman–Crippen MR) is 75.3 cm³/mol. The number of hydrogen-bond donors (Lipinski definition) is 0. The summed E-state index contributed by atoms with van der Waals surface area (Å²) in [5.41, 5.74) is 0.0780. The van der Waals surface area contributed by atoms with Gasteiger partial charge in [0.25, 0.3) is 0 Å². The summed E-state index contributed by atoms with van der Waals surface area (Å²) in [4.78, 5) is 0. The van der Waals surface area contributed by atoms with Crippen molar-refractivity contribution in [3.05, 3.63) is 36.5 Å². The lowest BCUT2D eigenvalue weighted by molar-refractivity contribution is 0.0934. The molecule has 0 aromatic carbocycles. The molecule has 3 rings (SSSR count). The average Bonchev–Trinajstić information content (AvgIpc) is 2.76. The highest BCUT2D eigenvalue weighted by atomic mass is 16.5. The van der Waals surface area contributed by atoms with Crippen molar-refractivity contribution in [2.75, 3.05) is 7.11 Å². The topological polar surface area (TPSA) is 9.23 Å². The van der Waals surface area contributed by atoms with Crippen LogP contribution in [0.4, 0.5) is 0 Å². The fraction of sp³-hybridized carbons (Fsp3) is 0.647. The number of rotatable bonds is 3. The van der Waals surface area contributed by atoms with Crippen LogP contribution in [0.25, 0.3) is 0 Å². The zero-order valence-electron chi connectivity index (χ0n) is 11.3. The van der Waals surface area contributed by atoms with Gasteiger partial charge in [0.05, 0.1) is 5.60 Å². The SMILES string of the molecule is COC1(/C=C/C2C=CC=C2)[C@@H]2CCCCCC[C@@H]21. The van der Waals surface area contributed by atoms with Crippen LogP contribution in [0.5, 0.6) is 0 Å². The molecule has 0 heterocycles. The van der Waals surface area contributed by atoms with Gasteiger partial charge < -0.3 is 4.74 Å². The Hall–Kier alpha value is -0.820. The summed E-state index contributed by atoms with van der Waals surface area (Å²) in [6, 6.07) is 0. The molecule has 2 saturated carbocycles. The lowest BCUT2D eigenvalue weighted by Crippen LogP contribution is -2.14. The minimum Gasteiger partial charge on any atom is -0.374 e. The van der Waals surface area contributed by atoms with Crippen LogP contribution in [0.2, 0.25) is 0 Å². The molecule has 0 radical (unpaired) electrons. The number of fused-ring (bicyclic) bond motifs is 1. The Morgan fingerprint density at radius 3 is 2.17 bits per heavy atom. The van der Waals surface area contributed by atoms with E-state index in [-0.39, 0.29) is 5.60 Å². The summed E-state index contributed by atoms with van der Waals surface area (Å²) >= 11 is 0. The lowest BCUT2D eigenvalue weighted by atomic mass is 10.0. The van der Waals surface area contributed by atoms with Gasteiger partial charge in [0.2, 0.25) is 0 Å². The fourth-order valence-electron chi connectivity index (χ4n) is 3.93. The predicted octanol–water partition coefficient (Wildman–Crippen LogP) is 4.27. The number of methoxy groups -OCH3 is 1. The van der Waals surface area contributed by atoms with Crippen molar-refractivity contribution in [2.45, 2.75) is 44.1 Å². The minimum absolute atomic E-state index is 0.0780. The molecule has 18 heavy (non-hydrogen) atoms. The summed E-state index contributed by atoms with van der Waals surface area (Å²) in [5, 5.41) is 0. The first kappa shape index (κ1) is 12.2. The maximum Gasteiger partial charge on any atom is 0.0922 e. The molecule has 0 aromatic rings. The third kappa shape index (κ3) is 2.09. The molecule has 3 atom stereocenters. The first-order valence-corrected chi connectivity index (χ1v) is 7.46. The molecule has 3 aliphatic rings. The summed E-state index contributed by atoms with van der Waals surface area (Å²) < 4.78 is 5.93. The van der Waals surface area contributed by atoms with Crippen LogP contribution in [0, 0.1) is 17.8 Å². The summed E-state index contributed by atoms with van der Waals surface area (Å²) in [5.74, 6) is 2.06. The van der Waals surface area contributed by atoms with Gasteiger partial charge in [-0.15, -0.1) is 0 Å². The molecular formula is C17H24O. The number of allylic oxidation sites excluding steroid dienone is 5. The van der Waals surface area contributed by atoms with E-state index in [4.69, 9.17) is 4.74 Å². The molecule has 98 valence electrons. The van der Waals surface area contributed by atoms with Crippen LogP contribution < -0.4 is 0 Å². The zero-order chi connectivity index (χ0) is 12.4. The van der Waals surface area contributed by atoms with Gasteiger partial charge in [-0.1, -0.05) is 62.1 Å². The molecule has 1 unspecified atom stereocenters. The summed E-state index contributed by atoms with van der Waals surface area (Å²) in [7, 11) is 1.90. The molecule has 0 spiro atoms. The summed E-state index contributed by atoms with van der Waals surface area (Å²) in [6.07, 6.45) is 21.8. The smallest absolute Gasteiger partial charge is 0.0922 e. The molecule has 1 nitrogen and oxygen atoms in total.